The van der Waals surface area contributed by atoms with Gasteiger partial charge in [0.25, 0.3) is 5.56 Å². The SMILES string of the molecule is CCCN(Cc1cccc(OC)c1)Cc1cc(=O)[nH]c(C)n1. The second kappa shape index (κ2) is 7.75. The monoisotopic (exact) mass is 301 g/mol. The third-order valence-corrected chi connectivity index (χ3v) is 3.38. The van der Waals surface area contributed by atoms with E-state index in [9.17, 15) is 4.79 Å². The lowest BCUT2D eigenvalue weighted by Gasteiger charge is -2.21. The van der Waals surface area contributed by atoms with Gasteiger partial charge in [-0.15, -0.1) is 0 Å². The van der Waals surface area contributed by atoms with Gasteiger partial charge in [0, 0.05) is 19.2 Å². The van der Waals surface area contributed by atoms with Crippen LogP contribution in [0, 0.1) is 6.92 Å². The maximum atomic E-state index is 11.6. The van der Waals surface area contributed by atoms with Gasteiger partial charge < -0.3 is 9.72 Å². The van der Waals surface area contributed by atoms with Gasteiger partial charge in [-0.3, -0.25) is 9.69 Å². The number of aromatic nitrogens is 2. The fraction of sp³-hybridized carbons (Fsp3) is 0.412. The van der Waals surface area contributed by atoms with Gasteiger partial charge in [0.1, 0.15) is 11.6 Å². The van der Waals surface area contributed by atoms with Gasteiger partial charge in [-0.05, 0) is 37.6 Å². The molecule has 0 unspecified atom stereocenters. The summed E-state index contributed by atoms with van der Waals surface area (Å²) in [6, 6.07) is 9.63. The first kappa shape index (κ1) is 16.2. The third-order valence-electron chi connectivity index (χ3n) is 3.38. The molecule has 2 rings (SSSR count). The number of ether oxygens (including phenoxy) is 1. The molecule has 22 heavy (non-hydrogen) atoms. The van der Waals surface area contributed by atoms with Crippen LogP contribution < -0.4 is 10.3 Å². The molecule has 0 spiro atoms. The highest BCUT2D eigenvalue weighted by atomic mass is 16.5. The van der Waals surface area contributed by atoms with E-state index in [0.717, 1.165) is 31.0 Å². The quantitative estimate of drug-likeness (QED) is 0.853. The van der Waals surface area contributed by atoms with Crippen molar-refractivity contribution in [2.45, 2.75) is 33.4 Å². The Morgan fingerprint density at radius 2 is 2.09 bits per heavy atom. The minimum Gasteiger partial charge on any atom is -0.497 e. The molecule has 5 heteroatoms. The predicted octanol–water partition coefficient (Wildman–Crippen LogP) is 2.50. The molecule has 0 aliphatic heterocycles. The smallest absolute Gasteiger partial charge is 0.251 e. The largest absolute Gasteiger partial charge is 0.497 e. The maximum Gasteiger partial charge on any atom is 0.251 e. The summed E-state index contributed by atoms with van der Waals surface area (Å²) < 4.78 is 5.27. The van der Waals surface area contributed by atoms with Crippen LogP contribution in [0.15, 0.2) is 35.1 Å². The van der Waals surface area contributed by atoms with Crippen molar-refractivity contribution < 1.29 is 4.74 Å². The molecule has 0 aliphatic carbocycles. The number of hydrogen-bond donors (Lipinski definition) is 1. The Morgan fingerprint density at radius 1 is 1.27 bits per heavy atom. The molecule has 0 aliphatic rings. The molecule has 1 N–H and O–H groups in total. The van der Waals surface area contributed by atoms with Gasteiger partial charge in [0.15, 0.2) is 0 Å². The highest BCUT2D eigenvalue weighted by Crippen LogP contribution is 2.15. The van der Waals surface area contributed by atoms with Gasteiger partial charge in [-0.1, -0.05) is 19.1 Å². The van der Waals surface area contributed by atoms with Crippen LogP contribution in [0.1, 0.15) is 30.4 Å². The first-order valence-electron chi connectivity index (χ1n) is 7.53. The summed E-state index contributed by atoms with van der Waals surface area (Å²) >= 11 is 0. The molecule has 0 fully saturated rings. The number of benzene rings is 1. The van der Waals surface area contributed by atoms with Gasteiger partial charge in [0.05, 0.1) is 12.8 Å². The van der Waals surface area contributed by atoms with Crippen LogP contribution in [-0.2, 0) is 13.1 Å². The zero-order chi connectivity index (χ0) is 15.9. The Kier molecular flexibility index (Phi) is 5.72. The van der Waals surface area contributed by atoms with Gasteiger partial charge >= 0.3 is 0 Å². The Balaban J connectivity index is 2.13. The van der Waals surface area contributed by atoms with Gasteiger partial charge in [-0.25, -0.2) is 4.98 Å². The minimum atomic E-state index is -0.0969. The molecule has 1 aromatic carbocycles. The Bertz CT molecular complexity index is 667. The van der Waals surface area contributed by atoms with Crippen molar-refractivity contribution in [2.75, 3.05) is 13.7 Å². The van der Waals surface area contributed by atoms with E-state index in [1.807, 2.05) is 18.2 Å². The molecule has 1 aromatic heterocycles. The second-order valence-electron chi connectivity index (χ2n) is 5.38. The van der Waals surface area contributed by atoms with Crippen LogP contribution in [0.5, 0.6) is 5.75 Å². The van der Waals surface area contributed by atoms with Crippen molar-refractivity contribution in [3.05, 3.63) is 57.8 Å². The van der Waals surface area contributed by atoms with Crippen LogP contribution in [-0.4, -0.2) is 28.5 Å². The zero-order valence-corrected chi connectivity index (χ0v) is 13.4. The van der Waals surface area contributed by atoms with Crippen LogP contribution >= 0.6 is 0 Å². The van der Waals surface area contributed by atoms with E-state index >= 15 is 0 Å². The number of methoxy groups -OCH3 is 1. The molecule has 0 saturated heterocycles. The van der Waals surface area contributed by atoms with Crippen molar-refractivity contribution in [1.82, 2.24) is 14.9 Å². The fourth-order valence-electron chi connectivity index (χ4n) is 2.51. The molecule has 2 aromatic rings. The minimum absolute atomic E-state index is 0.0969. The predicted molar refractivity (Wildman–Crippen MR) is 87.0 cm³/mol. The molecular formula is C17H23N3O2. The normalized spacial score (nSPS) is 10.9. The number of aryl methyl sites for hydroxylation is 1. The molecule has 0 saturated carbocycles. The van der Waals surface area contributed by atoms with Crippen molar-refractivity contribution in [1.29, 1.82) is 0 Å². The molecule has 0 amide bonds. The maximum absolute atomic E-state index is 11.6. The Hall–Kier alpha value is -2.14. The first-order chi connectivity index (χ1) is 10.6. The highest BCUT2D eigenvalue weighted by molar-refractivity contribution is 5.28. The molecule has 0 radical (unpaired) electrons. The number of rotatable bonds is 7. The fourth-order valence-corrected chi connectivity index (χ4v) is 2.51. The molecule has 118 valence electrons. The Morgan fingerprint density at radius 3 is 2.77 bits per heavy atom. The number of aromatic amines is 1. The van der Waals surface area contributed by atoms with E-state index in [4.69, 9.17) is 4.74 Å². The molecular weight excluding hydrogens is 278 g/mol. The second-order valence-corrected chi connectivity index (χ2v) is 5.38. The number of hydrogen-bond acceptors (Lipinski definition) is 4. The van der Waals surface area contributed by atoms with E-state index in [1.165, 1.54) is 5.56 Å². The van der Waals surface area contributed by atoms with E-state index in [0.29, 0.717) is 12.4 Å². The number of H-pyrrole nitrogens is 1. The van der Waals surface area contributed by atoms with Crippen molar-refractivity contribution in [3.63, 3.8) is 0 Å². The lowest BCUT2D eigenvalue weighted by molar-refractivity contribution is 0.253. The van der Waals surface area contributed by atoms with Crippen molar-refractivity contribution >= 4 is 0 Å². The van der Waals surface area contributed by atoms with E-state index in [-0.39, 0.29) is 5.56 Å². The van der Waals surface area contributed by atoms with E-state index in [2.05, 4.69) is 27.9 Å². The molecule has 0 atom stereocenters. The summed E-state index contributed by atoms with van der Waals surface area (Å²) in [5.41, 5.74) is 1.90. The lowest BCUT2D eigenvalue weighted by atomic mass is 10.2. The van der Waals surface area contributed by atoms with Gasteiger partial charge in [-0.2, -0.15) is 0 Å². The average Bonchev–Trinajstić information content (AvgIpc) is 2.46. The van der Waals surface area contributed by atoms with Gasteiger partial charge in [0.2, 0.25) is 0 Å². The first-order valence-corrected chi connectivity index (χ1v) is 7.53. The van der Waals surface area contributed by atoms with Crippen LogP contribution in [0.25, 0.3) is 0 Å². The molecule has 5 nitrogen and oxygen atoms in total. The molecule has 0 bridgehead atoms. The zero-order valence-electron chi connectivity index (χ0n) is 13.4. The standard InChI is InChI=1S/C17H23N3O2/c1-4-8-20(11-14-6-5-7-16(9-14)22-3)12-15-10-17(21)19-13(2)18-15/h5-7,9-10H,4,8,11-12H2,1-3H3,(H,18,19,21). The number of nitrogens with zero attached hydrogens (tertiary/aromatic N) is 2. The third kappa shape index (κ3) is 4.70. The van der Waals surface area contributed by atoms with Crippen molar-refractivity contribution in [3.8, 4) is 5.75 Å². The summed E-state index contributed by atoms with van der Waals surface area (Å²) in [6.07, 6.45) is 1.05. The topological polar surface area (TPSA) is 58.2 Å². The van der Waals surface area contributed by atoms with Crippen LogP contribution in [0.4, 0.5) is 0 Å². The average molecular weight is 301 g/mol. The van der Waals surface area contributed by atoms with E-state index < -0.39 is 0 Å². The summed E-state index contributed by atoms with van der Waals surface area (Å²) in [7, 11) is 1.67. The lowest BCUT2D eigenvalue weighted by Crippen LogP contribution is -2.25. The Labute approximate surface area is 131 Å². The van der Waals surface area contributed by atoms with E-state index in [1.54, 1.807) is 20.1 Å². The summed E-state index contributed by atoms with van der Waals surface area (Å²) in [5, 5.41) is 0. The summed E-state index contributed by atoms with van der Waals surface area (Å²) in [6.45, 7) is 6.37. The summed E-state index contributed by atoms with van der Waals surface area (Å²) in [5.74, 6) is 1.51. The molecule has 1 heterocycles. The summed E-state index contributed by atoms with van der Waals surface area (Å²) in [4.78, 5) is 20.9. The van der Waals surface area contributed by atoms with Crippen LogP contribution in [0.2, 0.25) is 0 Å². The van der Waals surface area contributed by atoms with Crippen LogP contribution in [0.3, 0.4) is 0 Å². The highest BCUT2D eigenvalue weighted by Gasteiger charge is 2.09. The number of nitrogens with one attached hydrogen (secondary N) is 1. The van der Waals surface area contributed by atoms with Crippen molar-refractivity contribution in [2.24, 2.45) is 0 Å².